The van der Waals surface area contributed by atoms with Gasteiger partial charge in [-0.15, -0.1) is 0 Å². The second-order valence-electron chi connectivity index (χ2n) is 7.19. The number of halogens is 6. The van der Waals surface area contributed by atoms with Crippen LogP contribution in [0.2, 0.25) is 0 Å². The van der Waals surface area contributed by atoms with Gasteiger partial charge in [-0.2, -0.15) is 26.3 Å². The summed E-state index contributed by atoms with van der Waals surface area (Å²) in [6.07, 6.45) is -9.37. The van der Waals surface area contributed by atoms with Crippen molar-refractivity contribution >= 4 is 11.5 Å². The van der Waals surface area contributed by atoms with Gasteiger partial charge in [0.15, 0.2) is 0 Å². The highest BCUT2D eigenvalue weighted by atomic mass is 19.4. The molecule has 0 spiro atoms. The number of cyclic esters (lactones) is 1. The van der Waals surface area contributed by atoms with E-state index in [2.05, 4.69) is 4.74 Å². The monoisotopic (exact) mass is 486 g/mol. The van der Waals surface area contributed by atoms with E-state index in [1.165, 1.54) is 24.3 Å². The minimum atomic E-state index is -5.14. The lowest BCUT2D eigenvalue weighted by molar-refractivity contribution is -0.250. The molecule has 0 aromatic heterocycles. The lowest BCUT2D eigenvalue weighted by atomic mass is 9.91. The largest absolute Gasteiger partial charge is 0.494 e. The summed E-state index contributed by atoms with van der Waals surface area (Å²) in [7, 11) is 0. The minimum Gasteiger partial charge on any atom is -0.494 e. The molecule has 2 aromatic carbocycles. The Morgan fingerprint density at radius 1 is 0.882 bits per heavy atom. The van der Waals surface area contributed by atoms with Crippen LogP contribution >= 0.6 is 0 Å². The molecule has 1 aliphatic rings. The predicted molar refractivity (Wildman–Crippen MR) is 111 cm³/mol. The van der Waals surface area contributed by atoms with Crippen LogP contribution in [0.4, 0.5) is 26.3 Å². The van der Waals surface area contributed by atoms with E-state index in [1.807, 2.05) is 0 Å². The van der Waals surface area contributed by atoms with Gasteiger partial charge in [-0.1, -0.05) is 24.3 Å². The van der Waals surface area contributed by atoms with Crippen molar-refractivity contribution in [1.82, 2.24) is 0 Å². The minimum absolute atomic E-state index is 0.277. The lowest BCUT2D eigenvalue weighted by Gasteiger charge is -2.29. The van der Waals surface area contributed by atoms with E-state index in [0.717, 1.165) is 24.3 Å². The van der Waals surface area contributed by atoms with Gasteiger partial charge in [0.2, 0.25) is 0 Å². The van der Waals surface area contributed by atoms with Gasteiger partial charge in [0.25, 0.3) is 5.60 Å². The maximum atomic E-state index is 14.1. The van der Waals surface area contributed by atoms with Crippen LogP contribution in [0.25, 0.3) is 5.57 Å². The van der Waals surface area contributed by atoms with Crippen molar-refractivity contribution in [3.8, 4) is 11.5 Å². The first-order valence-electron chi connectivity index (χ1n) is 10.2. The molecule has 0 saturated carbocycles. The van der Waals surface area contributed by atoms with E-state index in [0.29, 0.717) is 24.5 Å². The Kier molecular flexibility index (Phi) is 6.99. The maximum Gasteiger partial charge on any atom is 0.436 e. The predicted octanol–water partition coefficient (Wildman–Crippen LogP) is 6.37. The normalized spacial score (nSPS) is 19.0. The third-order valence-corrected chi connectivity index (χ3v) is 4.95. The van der Waals surface area contributed by atoms with Gasteiger partial charge in [0.1, 0.15) is 11.5 Å². The molecule has 1 unspecified atom stereocenters. The number of rotatable bonds is 7. The molecule has 0 bridgehead atoms. The molecule has 1 atom stereocenters. The van der Waals surface area contributed by atoms with Gasteiger partial charge in [-0.3, -0.25) is 0 Å². The van der Waals surface area contributed by atoms with Crippen molar-refractivity contribution in [3.05, 3.63) is 77.4 Å². The molecular weight excluding hydrogens is 466 g/mol. The third-order valence-electron chi connectivity index (χ3n) is 4.95. The molecule has 0 aliphatic carbocycles. The number of carbonyl (C=O) groups is 1. The fraction of sp³-hybridized carbons (Fsp3) is 0.292. The molecule has 34 heavy (non-hydrogen) atoms. The topological polar surface area (TPSA) is 44.8 Å². The first-order valence-corrected chi connectivity index (χ1v) is 10.2. The Bertz CT molecular complexity index is 1080. The molecule has 10 heteroatoms. The zero-order chi connectivity index (χ0) is 25.1. The van der Waals surface area contributed by atoms with Crippen molar-refractivity contribution in [2.45, 2.75) is 31.8 Å². The molecule has 0 saturated heterocycles. The number of carbonyl (C=O) groups excluding carboxylic acids is 1. The summed E-state index contributed by atoms with van der Waals surface area (Å²) in [4.78, 5) is 12.4. The zero-order valence-electron chi connectivity index (χ0n) is 18.1. The molecule has 0 fully saturated rings. The number of hydrogen-bond donors (Lipinski definition) is 0. The molecular formula is C24H20F6O4. The lowest BCUT2D eigenvalue weighted by Crippen LogP contribution is -2.41. The summed E-state index contributed by atoms with van der Waals surface area (Å²) in [5, 5.41) is 0. The van der Waals surface area contributed by atoms with Gasteiger partial charge in [0.05, 0.1) is 24.4 Å². The molecule has 0 amide bonds. The smallest absolute Gasteiger partial charge is 0.436 e. The zero-order valence-corrected chi connectivity index (χ0v) is 18.1. The molecule has 0 radical (unpaired) electrons. The van der Waals surface area contributed by atoms with Gasteiger partial charge in [0, 0.05) is 5.56 Å². The number of esters is 1. The molecule has 1 heterocycles. The Balaban J connectivity index is 2.10. The summed E-state index contributed by atoms with van der Waals surface area (Å²) in [5.74, 6) is -0.926. The van der Waals surface area contributed by atoms with Crippen LogP contribution in [-0.2, 0) is 15.1 Å². The average molecular weight is 486 g/mol. The second kappa shape index (κ2) is 9.44. The van der Waals surface area contributed by atoms with Crippen LogP contribution in [0.15, 0.2) is 66.3 Å². The van der Waals surface area contributed by atoms with Crippen LogP contribution in [0, 0.1) is 0 Å². The Hall–Kier alpha value is -3.43. The molecule has 1 aliphatic heterocycles. The summed E-state index contributed by atoms with van der Waals surface area (Å²) >= 11 is 0. The van der Waals surface area contributed by atoms with Gasteiger partial charge in [-0.05, 0) is 55.8 Å². The van der Waals surface area contributed by atoms with Crippen LogP contribution in [0.3, 0.4) is 0 Å². The van der Waals surface area contributed by atoms with E-state index >= 15 is 0 Å². The van der Waals surface area contributed by atoms with Crippen molar-refractivity contribution in [2.24, 2.45) is 0 Å². The fourth-order valence-corrected chi connectivity index (χ4v) is 3.41. The van der Waals surface area contributed by atoms with Crippen LogP contribution < -0.4 is 9.47 Å². The molecule has 3 rings (SSSR count). The fourth-order valence-electron chi connectivity index (χ4n) is 3.41. The highest BCUT2D eigenvalue weighted by Crippen LogP contribution is 2.49. The summed E-state index contributed by atoms with van der Waals surface area (Å²) in [5.41, 5.74) is -6.24. The van der Waals surface area contributed by atoms with Crippen molar-refractivity contribution in [2.75, 3.05) is 13.2 Å². The van der Waals surface area contributed by atoms with Crippen LogP contribution in [0.5, 0.6) is 11.5 Å². The first kappa shape index (κ1) is 25.2. The number of ether oxygens (including phenoxy) is 3. The number of hydrogen-bond acceptors (Lipinski definition) is 4. The number of benzene rings is 2. The van der Waals surface area contributed by atoms with Crippen molar-refractivity contribution < 1.29 is 45.3 Å². The molecule has 2 aromatic rings. The van der Waals surface area contributed by atoms with Crippen LogP contribution in [0.1, 0.15) is 25.0 Å². The molecule has 4 nitrogen and oxygen atoms in total. The number of allylic oxidation sites excluding steroid dienone is 1. The van der Waals surface area contributed by atoms with Gasteiger partial charge >= 0.3 is 18.3 Å². The standard InChI is InChI=1S/C24H20F6O4/c1-3-32-18-9-5-15(6-10-18)20(23(25,26)27)13-16-14-22(24(28,29)30,34-21(16)31)17-7-11-19(12-8-17)33-4-2/h5-14H,3-4H2,1-2H3/b20-13+. The van der Waals surface area contributed by atoms with Crippen LogP contribution in [-0.4, -0.2) is 31.5 Å². The highest BCUT2D eigenvalue weighted by molar-refractivity contribution is 5.97. The van der Waals surface area contributed by atoms with E-state index < -0.39 is 40.6 Å². The first-order chi connectivity index (χ1) is 15.9. The number of alkyl halides is 6. The SMILES string of the molecule is CCOc1ccc(/C(=C\C2=CC(c3ccc(OCC)cc3)(C(F)(F)F)OC2=O)C(F)(F)F)cc1. The Morgan fingerprint density at radius 2 is 1.38 bits per heavy atom. The molecule has 182 valence electrons. The average Bonchev–Trinajstić information content (AvgIpc) is 3.10. The van der Waals surface area contributed by atoms with E-state index in [-0.39, 0.29) is 17.9 Å². The summed E-state index contributed by atoms with van der Waals surface area (Å²) < 4.78 is 98.7. The van der Waals surface area contributed by atoms with Gasteiger partial charge < -0.3 is 14.2 Å². The second-order valence-corrected chi connectivity index (χ2v) is 7.19. The summed E-state index contributed by atoms with van der Waals surface area (Å²) in [6.45, 7) is 3.96. The molecule has 0 N–H and O–H groups in total. The third kappa shape index (κ3) is 5.05. The maximum absolute atomic E-state index is 14.1. The Morgan fingerprint density at radius 3 is 1.82 bits per heavy atom. The highest BCUT2D eigenvalue weighted by Gasteiger charge is 2.61. The van der Waals surface area contributed by atoms with E-state index in [1.54, 1.807) is 13.8 Å². The summed E-state index contributed by atoms with van der Waals surface area (Å²) in [6, 6.07) is 9.40. The quantitative estimate of drug-likeness (QED) is 0.337. The van der Waals surface area contributed by atoms with Gasteiger partial charge in [-0.25, -0.2) is 4.79 Å². The van der Waals surface area contributed by atoms with E-state index in [9.17, 15) is 31.1 Å². The van der Waals surface area contributed by atoms with Crippen molar-refractivity contribution in [1.29, 1.82) is 0 Å². The van der Waals surface area contributed by atoms with Crippen molar-refractivity contribution in [3.63, 3.8) is 0 Å². The van der Waals surface area contributed by atoms with E-state index in [4.69, 9.17) is 9.47 Å². The Labute approximate surface area is 191 Å².